The number of ether oxygens (including phenoxy) is 1. The van der Waals surface area contributed by atoms with Crippen LogP contribution in [0.2, 0.25) is 0 Å². The second-order valence-corrected chi connectivity index (χ2v) is 4.56. The maximum atomic E-state index is 12.4. The molecule has 1 aliphatic heterocycles. The lowest BCUT2D eigenvalue weighted by molar-refractivity contribution is -0.114. The highest BCUT2D eigenvalue weighted by atomic mass is 16.5. The summed E-state index contributed by atoms with van der Waals surface area (Å²) in [6, 6.07) is 5.37. The molecule has 19 heavy (non-hydrogen) atoms. The number of hydrogen-bond donors (Lipinski definition) is 1. The molecule has 0 aromatic heterocycles. The van der Waals surface area contributed by atoms with Crippen molar-refractivity contribution in [1.82, 2.24) is 4.90 Å². The van der Waals surface area contributed by atoms with Crippen molar-refractivity contribution in [2.24, 2.45) is 0 Å². The standard InChI is InChI=1S/C14H18N2O3/c1-10-12(4-3-5-13(10)15-11(2)17)14(18)16-6-8-19-9-7-16/h3-5H,6-9H2,1-2H3,(H,15,17). The van der Waals surface area contributed by atoms with E-state index >= 15 is 0 Å². The molecule has 0 saturated carbocycles. The van der Waals surface area contributed by atoms with Crippen LogP contribution in [0.1, 0.15) is 22.8 Å². The van der Waals surface area contributed by atoms with Gasteiger partial charge in [-0.2, -0.15) is 0 Å². The molecule has 0 atom stereocenters. The van der Waals surface area contributed by atoms with Crippen molar-refractivity contribution >= 4 is 17.5 Å². The monoisotopic (exact) mass is 262 g/mol. The summed E-state index contributed by atoms with van der Waals surface area (Å²) in [5, 5.41) is 2.74. The molecule has 0 unspecified atom stereocenters. The molecule has 2 rings (SSSR count). The van der Waals surface area contributed by atoms with E-state index in [-0.39, 0.29) is 11.8 Å². The summed E-state index contributed by atoms with van der Waals surface area (Å²) in [6.07, 6.45) is 0. The van der Waals surface area contributed by atoms with Gasteiger partial charge in [-0.15, -0.1) is 0 Å². The molecular formula is C14H18N2O3. The molecule has 0 spiro atoms. The number of hydrogen-bond acceptors (Lipinski definition) is 3. The highest BCUT2D eigenvalue weighted by molar-refractivity contribution is 5.99. The molecule has 1 aliphatic rings. The second kappa shape index (κ2) is 5.84. The van der Waals surface area contributed by atoms with Gasteiger partial charge >= 0.3 is 0 Å². The average Bonchev–Trinajstić information content (AvgIpc) is 2.41. The lowest BCUT2D eigenvalue weighted by Crippen LogP contribution is -2.41. The molecular weight excluding hydrogens is 244 g/mol. The van der Waals surface area contributed by atoms with E-state index in [2.05, 4.69) is 5.32 Å². The zero-order chi connectivity index (χ0) is 13.8. The van der Waals surface area contributed by atoms with Gasteiger partial charge in [-0.05, 0) is 24.6 Å². The summed E-state index contributed by atoms with van der Waals surface area (Å²) in [4.78, 5) is 25.3. The van der Waals surface area contributed by atoms with Gasteiger partial charge in [-0.25, -0.2) is 0 Å². The van der Waals surface area contributed by atoms with Crippen molar-refractivity contribution in [1.29, 1.82) is 0 Å². The number of morpholine rings is 1. The Labute approximate surface area is 112 Å². The maximum Gasteiger partial charge on any atom is 0.254 e. The molecule has 5 heteroatoms. The van der Waals surface area contributed by atoms with Gasteiger partial charge in [0.2, 0.25) is 5.91 Å². The fraction of sp³-hybridized carbons (Fsp3) is 0.429. The molecule has 1 aromatic rings. The summed E-state index contributed by atoms with van der Waals surface area (Å²) in [6.45, 7) is 5.69. The largest absolute Gasteiger partial charge is 0.378 e. The Morgan fingerprint density at radius 1 is 1.26 bits per heavy atom. The van der Waals surface area contributed by atoms with Gasteiger partial charge in [0, 0.05) is 31.3 Å². The molecule has 1 N–H and O–H groups in total. The molecule has 5 nitrogen and oxygen atoms in total. The van der Waals surface area contributed by atoms with Gasteiger partial charge in [-0.1, -0.05) is 6.07 Å². The second-order valence-electron chi connectivity index (χ2n) is 4.56. The quantitative estimate of drug-likeness (QED) is 0.877. The van der Waals surface area contributed by atoms with Crippen LogP contribution in [0.25, 0.3) is 0 Å². The zero-order valence-corrected chi connectivity index (χ0v) is 11.2. The Bertz CT molecular complexity index is 493. The van der Waals surface area contributed by atoms with Crippen LogP contribution in [0, 0.1) is 6.92 Å². The molecule has 1 heterocycles. The molecule has 0 radical (unpaired) electrons. The summed E-state index contributed by atoms with van der Waals surface area (Å²) in [5.74, 6) is -0.146. The predicted molar refractivity (Wildman–Crippen MR) is 72.2 cm³/mol. The van der Waals surface area contributed by atoms with E-state index in [9.17, 15) is 9.59 Å². The van der Waals surface area contributed by atoms with Crippen molar-refractivity contribution in [3.05, 3.63) is 29.3 Å². The fourth-order valence-corrected chi connectivity index (χ4v) is 2.13. The number of rotatable bonds is 2. The van der Waals surface area contributed by atoms with Gasteiger partial charge in [0.15, 0.2) is 0 Å². The third kappa shape index (κ3) is 3.12. The van der Waals surface area contributed by atoms with Crippen molar-refractivity contribution in [2.45, 2.75) is 13.8 Å². The normalized spacial score (nSPS) is 15.2. The SMILES string of the molecule is CC(=O)Nc1cccc(C(=O)N2CCOCC2)c1C. The Morgan fingerprint density at radius 3 is 2.58 bits per heavy atom. The first-order valence-electron chi connectivity index (χ1n) is 6.34. The summed E-state index contributed by atoms with van der Waals surface area (Å²) in [5.41, 5.74) is 2.12. The summed E-state index contributed by atoms with van der Waals surface area (Å²) < 4.78 is 5.24. The number of carbonyl (C=O) groups excluding carboxylic acids is 2. The molecule has 1 aromatic carbocycles. The number of carbonyl (C=O) groups is 2. The van der Waals surface area contributed by atoms with E-state index in [0.29, 0.717) is 37.6 Å². The minimum absolute atomic E-state index is 0.00648. The van der Waals surface area contributed by atoms with Crippen LogP contribution in [-0.2, 0) is 9.53 Å². The van der Waals surface area contributed by atoms with E-state index in [1.54, 1.807) is 23.1 Å². The van der Waals surface area contributed by atoms with E-state index < -0.39 is 0 Å². The van der Waals surface area contributed by atoms with E-state index in [4.69, 9.17) is 4.74 Å². The van der Waals surface area contributed by atoms with Crippen LogP contribution in [0.4, 0.5) is 5.69 Å². The topological polar surface area (TPSA) is 58.6 Å². The third-order valence-corrected chi connectivity index (χ3v) is 3.17. The minimum atomic E-state index is -0.140. The highest BCUT2D eigenvalue weighted by Gasteiger charge is 2.20. The van der Waals surface area contributed by atoms with E-state index in [0.717, 1.165) is 5.56 Å². The van der Waals surface area contributed by atoms with Gasteiger partial charge < -0.3 is 15.0 Å². The molecule has 1 fully saturated rings. The van der Waals surface area contributed by atoms with E-state index in [1.807, 2.05) is 6.92 Å². The van der Waals surface area contributed by atoms with Crippen LogP contribution in [0.3, 0.4) is 0 Å². The third-order valence-electron chi connectivity index (χ3n) is 3.17. The van der Waals surface area contributed by atoms with Crippen molar-refractivity contribution in [3.63, 3.8) is 0 Å². The van der Waals surface area contributed by atoms with Gasteiger partial charge in [0.25, 0.3) is 5.91 Å². The maximum absolute atomic E-state index is 12.4. The van der Waals surface area contributed by atoms with Crippen molar-refractivity contribution < 1.29 is 14.3 Å². The predicted octanol–water partition coefficient (Wildman–Crippen LogP) is 1.43. The first kappa shape index (κ1) is 13.5. The Kier molecular flexibility index (Phi) is 4.16. The van der Waals surface area contributed by atoms with Gasteiger partial charge in [0.1, 0.15) is 0 Å². The molecule has 0 aliphatic carbocycles. The smallest absolute Gasteiger partial charge is 0.254 e. The Morgan fingerprint density at radius 2 is 1.95 bits per heavy atom. The lowest BCUT2D eigenvalue weighted by Gasteiger charge is -2.27. The van der Waals surface area contributed by atoms with Crippen molar-refractivity contribution in [2.75, 3.05) is 31.6 Å². The van der Waals surface area contributed by atoms with Crippen LogP contribution >= 0.6 is 0 Å². The zero-order valence-electron chi connectivity index (χ0n) is 11.2. The van der Waals surface area contributed by atoms with Gasteiger partial charge in [-0.3, -0.25) is 9.59 Å². The number of nitrogens with zero attached hydrogens (tertiary/aromatic N) is 1. The lowest BCUT2D eigenvalue weighted by atomic mass is 10.1. The number of benzene rings is 1. The minimum Gasteiger partial charge on any atom is -0.378 e. The molecule has 2 amide bonds. The Hall–Kier alpha value is -1.88. The van der Waals surface area contributed by atoms with Crippen LogP contribution in [0.5, 0.6) is 0 Å². The summed E-state index contributed by atoms with van der Waals surface area (Å²) >= 11 is 0. The van der Waals surface area contributed by atoms with Crippen molar-refractivity contribution in [3.8, 4) is 0 Å². The van der Waals surface area contributed by atoms with Crippen LogP contribution < -0.4 is 5.32 Å². The molecule has 0 bridgehead atoms. The number of nitrogens with one attached hydrogen (secondary N) is 1. The first-order chi connectivity index (χ1) is 9.09. The van der Waals surface area contributed by atoms with Crippen LogP contribution in [-0.4, -0.2) is 43.0 Å². The average molecular weight is 262 g/mol. The highest BCUT2D eigenvalue weighted by Crippen LogP contribution is 2.20. The summed E-state index contributed by atoms with van der Waals surface area (Å²) in [7, 11) is 0. The Balaban J connectivity index is 2.23. The number of amides is 2. The van der Waals surface area contributed by atoms with Crippen LogP contribution in [0.15, 0.2) is 18.2 Å². The van der Waals surface area contributed by atoms with Gasteiger partial charge in [0.05, 0.1) is 13.2 Å². The fourth-order valence-electron chi connectivity index (χ4n) is 2.13. The first-order valence-corrected chi connectivity index (χ1v) is 6.34. The molecule has 1 saturated heterocycles. The molecule has 102 valence electrons. The van der Waals surface area contributed by atoms with E-state index in [1.165, 1.54) is 6.92 Å². The number of anilines is 1.